The van der Waals surface area contributed by atoms with E-state index in [1.807, 2.05) is 18.7 Å². The summed E-state index contributed by atoms with van der Waals surface area (Å²) in [5.74, 6) is 1.69. The van der Waals surface area contributed by atoms with Gasteiger partial charge in [0, 0.05) is 17.9 Å². The largest absolute Gasteiger partial charge is 0.325 e. The summed E-state index contributed by atoms with van der Waals surface area (Å²) in [6.45, 7) is 5.88. The maximum atomic E-state index is 14.7. The molecule has 1 atom stereocenters. The third-order valence-corrected chi connectivity index (χ3v) is 4.32. The van der Waals surface area contributed by atoms with Gasteiger partial charge in [-0.1, -0.05) is 30.0 Å². The van der Waals surface area contributed by atoms with Crippen molar-refractivity contribution in [3.63, 3.8) is 0 Å². The number of alkyl halides is 1. The van der Waals surface area contributed by atoms with Gasteiger partial charge in [0.05, 0.1) is 25.1 Å². The number of thioether (sulfide) groups is 1. The predicted octanol–water partition coefficient (Wildman–Crippen LogP) is 3.91. The van der Waals surface area contributed by atoms with E-state index in [2.05, 4.69) is 23.0 Å². The monoisotopic (exact) mass is 354 g/mol. The van der Waals surface area contributed by atoms with Crippen molar-refractivity contribution in [1.82, 2.24) is 15.0 Å². The van der Waals surface area contributed by atoms with E-state index < -0.39 is 0 Å². The van der Waals surface area contributed by atoms with Crippen molar-refractivity contribution in [3.05, 3.63) is 59.7 Å². The average molecular weight is 354 g/mol. The van der Waals surface area contributed by atoms with Gasteiger partial charge in [0.2, 0.25) is 0 Å². The smallest absolute Gasteiger partial charge is 0.128 e. The van der Waals surface area contributed by atoms with Crippen molar-refractivity contribution < 1.29 is 8.78 Å². The molecule has 0 saturated heterocycles. The van der Waals surface area contributed by atoms with Crippen molar-refractivity contribution in [2.24, 2.45) is 5.73 Å². The molecule has 1 aliphatic rings. The Hall–Kier alpha value is -1.73. The lowest BCUT2D eigenvalue weighted by molar-refractivity contribution is 0.538. The third-order valence-electron chi connectivity index (χ3n) is 3.42. The van der Waals surface area contributed by atoms with Crippen LogP contribution in [0.4, 0.5) is 8.78 Å². The molecule has 1 aromatic rings. The van der Waals surface area contributed by atoms with Crippen LogP contribution >= 0.6 is 11.8 Å². The summed E-state index contributed by atoms with van der Waals surface area (Å²) >= 11 is 1.86. The predicted molar refractivity (Wildman–Crippen MR) is 97.2 cm³/mol. The van der Waals surface area contributed by atoms with Gasteiger partial charge in [-0.25, -0.2) is 9.07 Å². The molecule has 0 spiro atoms. The van der Waals surface area contributed by atoms with Gasteiger partial charge in [0.15, 0.2) is 0 Å². The normalized spacial score (nSPS) is 16.8. The van der Waals surface area contributed by atoms with E-state index in [0.29, 0.717) is 25.0 Å². The van der Waals surface area contributed by atoms with Crippen LogP contribution in [0.5, 0.6) is 0 Å². The minimum absolute atomic E-state index is 0.236. The lowest BCUT2D eigenvalue weighted by Gasteiger charge is -2.15. The number of rotatable bonds is 6. The fourth-order valence-electron chi connectivity index (χ4n) is 2.21. The maximum Gasteiger partial charge on any atom is 0.128 e. The molecule has 132 valence electrons. The first kappa shape index (κ1) is 20.3. The molecule has 0 aliphatic carbocycles. The molecule has 0 fully saturated rings. The molecular formula is C17H24F2N4S. The van der Waals surface area contributed by atoms with E-state index in [9.17, 15) is 8.78 Å². The van der Waals surface area contributed by atoms with Gasteiger partial charge in [-0.15, -0.1) is 5.10 Å². The number of hydrogen-bond acceptors (Lipinski definition) is 4. The maximum absolute atomic E-state index is 14.7. The van der Waals surface area contributed by atoms with Crippen LogP contribution in [0, 0.1) is 0 Å². The van der Waals surface area contributed by atoms with Crippen LogP contribution in [-0.2, 0) is 6.54 Å². The van der Waals surface area contributed by atoms with E-state index in [0.717, 1.165) is 23.5 Å². The van der Waals surface area contributed by atoms with Gasteiger partial charge in [-0.2, -0.15) is 11.8 Å². The van der Waals surface area contributed by atoms with Crippen molar-refractivity contribution in [3.8, 4) is 0 Å². The summed E-state index contributed by atoms with van der Waals surface area (Å²) in [6.07, 6.45) is 9.60. The zero-order chi connectivity index (χ0) is 17.9. The van der Waals surface area contributed by atoms with Crippen LogP contribution in [0.1, 0.15) is 25.1 Å². The van der Waals surface area contributed by atoms with Gasteiger partial charge in [0.25, 0.3) is 0 Å². The Balaban J connectivity index is 0.00000139. The molecule has 2 N–H and O–H groups in total. The Morgan fingerprint density at radius 1 is 1.54 bits per heavy atom. The van der Waals surface area contributed by atoms with Crippen LogP contribution in [0.15, 0.2) is 54.1 Å². The number of allylic oxidation sites excluding steroid dienone is 6. The van der Waals surface area contributed by atoms with Crippen LogP contribution in [0.25, 0.3) is 0 Å². The third kappa shape index (κ3) is 5.72. The molecule has 0 saturated carbocycles. The summed E-state index contributed by atoms with van der Waals surface area (Å²) in [7, 11) is 0.500. The number of hydrogen-bond donors (Lipinski definition) is 1. The van der Waals surface area contributed by atoms with Crippen LogP contribution in [-0.4, -0.2) is 33.7 Å². The molecule has 24 heavy (non-hydrogen) atoms. The highest BCUT2D eigenvalue weighted by Gasteiger charge is 2.15. The molecule has 1 aliphatic heterocycles. The highest BCUT2D eigenvalue weighted by atomic mass is 32.2. The average Bonchev–Trinajstić information content (AvgIpc) is 3.11. The van der Waals surface area contributed by atoms with E-state index in [4.69, 9.17) is 5.73 Å². The Labute approximate surface area is 146 Å². The SMILES string of the molecule is C=C/C=C(C1=CCSCC1)\C(F)=C/C(C)n1cc(CN)nn1.CF. The number of nitrogens with two attached hydrogens (primary N) is 1. The second-order valence-electron chi connectivity index (χ2n) is 5.02. The zero-order valence-corrected chi connectivity index (χ0v) is 14.9. The molecule has 0 radical (unpaired) electrons. The lowest BCUT2D eigenvalue weighted by Crippen LogP contribution is -2.05. The first-order valence-corrected chi connectivity index (χ1v) is 8.77. The number of nitrogens with zero attached hydrogens (tertiary/aromatic N) is 3. The summed E-state index contributed by atoms with van der Waals surface area (Å²) < 4.78 is 25.8. The van der Waals surface area contributed by atoms with Crippen LogP contribution in [0.3, 0.4) is 0 Å². The van der Waals surface area contributed by atoms with E-state index in [1.165, 1.54) is 0 Å². The number of halogens is 2. The summed E-state index contributed by atoms with van der Waals surface area (Å²) in [6, 6.07) is -0.236. The molecule has 2 rings (SSSR count). The minimum atomic E-state index is -0.254. The molecule has 0 amide bonds. The summed E-state index contributed by atoms with van der Waals surface area (Å²) in [5, 5.41) is 7.90. The molecule has 4 nitrogen and oxygen atoms in total. The van der Waals surface area contributed by atoms with E-state index in [1.54, 1.807) is 29.1 Å². The molecule has 1 unspecified atom stereocenters. The second kappa shape index (κ2) is 10.9. The number of aromatic nitrogens is 3. The Morgan fingerprint density at radius 3 is 2.83 bits per heavy atom. The van der Waals surface area contributed by atoms with E-state index >= 15 is 0 Å². The highest BCUT2D eigenvalue weighted by molar-refractivity contribution is 7.99. The molecule has 2 heterocycles. The van der Waals surface area contributed by atoms with Crippen molar-refractivity contribution in [1.29, 1.82) is 0 Å². The van der Waals surface area contributed by atoms with Crippen LogP contribution in [0.2, 0.25) is 0 Å². The molecular weight excluding hydrogens is 330 g/mol. The lowest BCUT2D eigenvalue weighted by atomic mass is 10.00. The summed E-state index contributed by atoms with van der Waals surface area (Å²) in [4.78, 5) is 0. The molecule has 1 aromatic heterocycles. The molecule has 0 bridgehead atoms. The quantitative estimate of drug-likeness (QED) is 0.787. The van der Waals surface area contributed by atoms with Crippen molar-refractivity contribution >= 4 is 11.8 Å². The Bertz CT molecular complexity index is 620. The van der Waals surface area contributed by atoms with Gasteiger partial charge in [0.1, 0.15) is 5.83 Å². The van der Waals surface area contributed by atoms with Gasteiger partial charge in [-0.05, 0) is 30.7 Å². The summed E-state index contributed by atoms with van der Waals surface area (Å²) in [5.41, 5.74) is 7.86. The molecule has 0 aromatic carbocycles. The van der Waals surface area contributed by atoms with Crippen LogP contribution < -0.4 is 5.73 Å². The standard InChI is InChI=1S/C16H21FN4S.CH3F/c1-3-4-15(13-5-7-22-8-6-13)16(17)9-12(2)21-11-14(10-18)19-20-21;1-2/h3-5,9,11-12H,1,6-8,10,18H2,2H3;1H3/b15-4-,16-9+;. The second-order valence-corrected chi connectivity index (χ2v) is 6.17. The Morgan fingerprint density at radius 2 is 2.29 bits per heavy atom. The molecule has 7 heteroatoms. The van der Waals surface area contributed by atoms with Gasteiger partial charge < -0.3 is 5.73 Å². The first-order valence-electron chi connectivity index (χ1n) is 7.61. The minimum Gasteiger partial charge on any atom is -0.325 e. The van der Waals surface area contributed by atoms with Gasteiger partial charge in [-0.3, -0.25) is 4.39 Å². The van der Waals surface area contributed by atoms with Crippen molar-refractivity contribution in [2.45, 2.75) is 25.9 Å². The Kier molecular flexibility index (Phi) is 9.26. The topological polar surface area (TPSA) is 56.7 Å². The van der Waals surface area contributed by atoms with Gasteiger partial charge >= 0.3 is 0 Å². The van der Waals surface area contributed by atoms with Crippen molar-refractivity contribution in [2.75, 3.05) is 18.7 Å². The fourth-order valence-corrected chi connectivity index (χ4v) is 3.06. The zero-order valence-electron chi connectivity index (χ0n) is 14.1. The first-order chi connectivity index (χ1) is 11.7. The highest BCUT2D eigenvalue weighted by Crippen LogP contribution is 2.29. The van der Waals surface area contributed by atoms with E-state index in [-0.39, 0.29) is 11.9 Å². The fraction of sp³-hybridized carbons (Fsp3) is 0.412.